The van der Waals surface area contributed by atoms with Crippen LogP contribution in [0.3, 0.4) is 0 Å². The van der Waals surface area contributed by atoms with E-state index in [1.165, 1.54) is 6.42 Å². The van der Waals surface area contributed by atoms with Crippen molar-refractivity contribution in [3.8, 4) is 5.75 Å². The lowest BCUT2D eigenvalue weighted by atomic mass is 9.94. The molecule has 138 valence electrons. The summed E-state index contributed by atoms with van der Waals surface area (Å²) in [6.45, 7) is 3.61. The molecule has 3 rings (SSSR count). The molecule has 0 aliphatic heterocycles. The first-order valence-electron chi connectivity index (χ1n) is 9.03. The van der Waals surface area contributed by atoms with Gasteiger partial charge in [-0.05, 0) is 74.2 Å². The van der Waals surface area contributed by atoms with Crippen molar-refractivity contribution in [2.45, 2.75) is 32.7 Å². The molecule has 1 aromatic heterocycles. The van der Waals surface area contributed by atoms with Crippen LogP contribution in [-0.2, 0) is 6.54 Å². The Morgan fingerprint density at radius 2 is 2.23 bits per heavy atom. The van der Waals surface area contributed by atoms with E-state index >= 15 is 0 Å². The lowest BCUT2D eigenvalue weighted by molar-refractivity contribution is 0.298. The first kappa shape index (κ1) is 18.5. The number of benzene rings is 1. The molecule has 1 atom stereocenters. The summed E-state index contributed by atoms with van der Waals surface area (Å²) in [6, 6.07) is 9.97. The second-order valence-corrected chi connectivity index (χ2v) is 7.13. The molecule has 0 bridgehead atoms. The average Bonchev–Trinajstić information content (AvgIpc) is 3.16. The van der Waals surface area contributed by atoms with Crippen molar-refractivity contribution in [1.29, 1.82) is 0 Å². The number of hydrogen-bond donors (Lipinski definition) is 1. The zero-order chi connectivity index (χ0) is 18.4. The van der Waals surface area contributed by atoms with Gasteiger partial charge in [0.05, 0.1) is 25.6 Å². The quantitative estimate of drug-likeness (QED) is 0.562. The first-order valence-corrected chi connectivity index (χ1v) is 9.44. The summed E-state index contributed by atoms with van der Waals surface area (Å²) in [7, 11) is 1.68. The van der Waals surface area contributed by atoms with Crippen molar-refractivity contribution in [3.63, 3.8) is 0 Å². The Bertz CT molecular complexity index is 755. The Morgan fingerprint density at radius 1 is 1.35 bits per heavy atom. The maximum absolute atomic E-state index is 5.74. The van der Waals surface area contributed by atoms with Gasteiger partial charge in [-0.1, -0.05) is 18.2 Å². The van der Waals surface area contributed by atoms with Gasteiger partial charge < -0.3 is 19.4 Å². The molecule has 26 heavy (non-hydrogen) atoms. The minimum absolute atomic E-state index is 0.606. The van der Waals surface area contributed by atoms with Crippen LogP contribution in [0.1, 0.15) is 30.6 Å². The van der Waals surface area contributed by atoms with Gasteiger partial charge in [0.25, 0.3) is 0 Å². The summed E-state index contributed by atoms with van der Waals surface area (Å²) in [6.07, 6.45) is 9.69. The van der Waals surface area contributed by atoms with E-state index in [1.54, 1.807) is 13.4 Å². The highest BCUT2D eigenvalue weighted by atomic mass is 32.1. The van der Waals surface area contributed by atoms with Crippen LogP contribution >= 0.6 is 12.2 Å². The number of allylic oxidation sites excluding steroid dienone is 2. The lowest BCUT2D eigenvalue weighted by Crippen LogP contribution is -2.38. The predicted octanol–water partition coefficient (Wildman–Crippen LogP) is 5.15. The SMILES string of the molecule is COc1cc(C)ccc1NC(=S)N(Cc1ccco1)CC1CC=CCC1. The highest BCUT2D eigenvalue weighted by molar-refractivity contribution is 7.80. The van der Waals surface area contributed by atoms with Crippen molar-refractivity contribution >= 4 is 23.0 Å². The number of ether oxygens (including phenoxy) is 1. The molecule has 0 radical (unpaired) electrons. The molecule has 1 heterocycles. The third-order valence-electron chi connectivity index (χ3n) is 4.67. The Morgan fingerprint density at radius 3 is 2.92 bits per heavy atom. The van der Waals surface area contributed by atoms with Crippen molar-refractivity contribution in [3.05, 3.63) is 60.1 Å². The van der Waals surface area contributed by atoms with E-state index in [0.29, 0.717) is 17.6 Å². The van der Waals surface area contributed by atoms with Crippen LogP contribution in [0.5, 0.6) is 5.75 Å². The number of aryl methyl sites for hydroxylation is 1. The van der Waals surface area contributed by atoms with Gasteiger partial charge in [0.2, 0.25) is 0 Å². The maximum atomic E-state index is 5.74. The predicted molar refractivity (Wildman–Crippen MR) is 110 cm³/mol. The van der Waals surface area contributed by atoms with Crippen LogP contribution in [0.4, 0.5) is 5.69 Å². The molecule has 1 aliphatic rings. The van der Waals surface area contributed by atoms with Crippen molar-refractivity contribution in [2.75, 3.05) is 19.0 Å². The molecule has 1 aliphatic carbocycles. The van der Waals surface area contributed by atoms with Gasteiger partial charge in [-0.25, -0.2) is 0 Å². The lowest BCUT2D eigenvalue weighted by Gasteiger charge is -2.30. The molecular formula is C21H26N2O2S. The van der Waals surface area contributed by atoms with E-state index in [9.17, 15) is 0 Å². The third-order valence-corrected chi connectivity index (χ3v) is 5.03. The molecule has 0 saturated heterocycles. The Balaban J connectivity index is 1.74. The molecule has 5 heteroatoms. The molecule has 0 spiro atoms. The van der Waals surface area contributed by atoms with Gasteiger partial charge in [-0.15, -0.1) is 0 Å². The molecule has 1 aromatic carbocycles. The van der Waals surface area contributed by atoms with E-state index < -0.39 is 0 Å². The monoisotopic (exact) mass is 370 g/mol. The van der Waals surface area contributed by atoms with Crippen molar-refractivity contribution in [2.24, 2.45) is 5.92 Å². The standard InChI is InChI=1S/C21H26N2O2S/c1-16-10-11-19(20(13-16)24-2)22-21(26)23(15-18-9-6-12-25-18)14-17-7-4-3-5-8-17/h3-4,6,9-13,17H,5,7-8,14-15H2,1-2H3,(H,22,26). The fourth-order valence-corrected chi connectivity index (χ4v) is 3.49. The second-order valence-electron chi connectivity index (χ2n) is 6.74. The molecule has 0 amide bonds. The van der Waals surface area contributed by atoms with Crippen LogP contribution in [0.15, 0.2) is 53.2 Å². The summed E-state index contributed by atoms with van der Waals surface area (Å²) in [5, 5.41) is 4.06. The van der Waals surface area contributed by atoms with Crippen molar-refractivity contribution < 1.29 is 9.15 Å². The normalized spacial score (nSPS) is 16.3. The summed E-state index contributed by atoms with van der Waals surface area (Å²) >= 11 is 5.74. The Hall–Kier alpha value is -2.27. The van der Waals surface area contributed by atoms with E-state index in [1.807, 2.05) is 31.2 Å². The minimum atomic E-state index is 0.606. The van der Waals surface area contributed by atoms with E-state index in [2.05, 4.69) is 28.4 Å². The minimum Gasteiger partial charge on any atom is -0.495 e. The number of thiocarbonyl (C=S) groups is 1. The van der Waals surface area contributed by atoms with Gasteiger partial charge in [-0.2, -0.15) is 0 Å². The van der Waals surface area contributed by atoms with Crippen LogP contribution in [0.25, 0.3) is 0 Å². The first-order chi connectivity index (χ1) is 12.7. The van der Waals surface area contributed by atoms with Gasteiger partial charge in [0.15, 0.2) is 5.11 Å². The molecule has 2 aromatic rings. The van der Waals surface area contributed by atoms with Gasteiger partial charge in [-0.3, -0.25) is 0 Å². The van der Waals surface area contributed by atoms with Crippen LogP contribution in [-0.4, -0.2) is 23.7 Å². The summed E-state index contributed by atoms with van der Waals surface area (Å²) in [4.78, 5) is 2.19. The number of methoxy groups -OCH3 is 1. The molecule has 1 N–H and O–H groups in total. The van der Waals surface area contributed by atoms with Crippen molar-refractivity contribution in [1.82, 2.24) is 4.90 Å². The summed E-state index contributed by atoms with van der Waals surface area (Å²) in [5.41, 5.74) is 2.04. The zero-order valence-corrected chi connectivity index (χ0v) is 16.2. The number of furan rings is 1. The molecule has 0 fully saturated rings. The third kappa shape index (κ3) is 4.88. The summed E-state index contributed by atoms with van der Waals surface area (Å²) in [5.74, 6) is 2.32. The molecule has 1 unspecified atom stereocenters. The fourth-order valence-electron chi connectivity index (χ4n) is 3.24. The topological polar surface area (TPSA) is 37.6 Å². The zero-order valence-electron chi connectivity index (χ0n) is 15.4. The molecule has 4 nitrogen and oxygen atoms in total. The van der Waals surface area contributed by atoms with Crippen LogP contribution in [0, 0.1) is 12.8 Å². The maximum Gasteiger partial charge on any atom is 0.173 e. The number of nitrogens with one attached hydrogen (secondary N) is 1. The highest BCUT2D eigenvalue weighted by Gasteiger charge is 2.19. The van der Waals surface area contributed by atoms with Crippen LogP contribution in [0.2, 0.25) is 0 Å². The van der Waals surface area contributed by atoms with Gasteiger partial charge in [0, 0.05) is 6.54 Å². The summed E-state index contributed by atoms with van der Waals surface area (Å²) < 4.78 is 11.0. The highest BCUT2D eigenvalue weighted by Crippen LogP contribution is 2.27. The number of rotatable bonds is 6. The molecule has 0 saturated carbocycles. The number of anilines is 1. The smallest absolute Gasteiger partial charge is 0.173 e. The second kappa shape index (κ2) is 8.90. The van der Waals surface area contributed by atoms with Crippen LogP contribution < -0.4 is 10.1 Å². The van der Waals surface area contributed by atoms with Gasteiger partial charge in [0.1, 0.15) is 11.5 Å². The fraction of sp³-hybridized carbons (Fsp3) is 0.381. The average molecular weight is 371 g/mol. The van der Waals surface area contributed by atoms with E-state index in [0.717, 1.165) is 42.1 Å². The molecular weight excluding hydrogens is 344 g/mol. The number of nitrogens with zero attached hydrogens (tertiary/aromatic N) is 1. The Labute approximate surface area is 160 Å². The van der Waals surface area contributed by atoms with E-state index in [4.69, 9.17) is 21.4 Å². The van der Waals surface area contributed by atoms with E-state index in [-0.39, 0.29) is 0 Å². The van der Waals surface area contributed by atoms with Gasteiger partial charge >= 0.3 is 0 Å². The number of hydrogen-bond acceptors (Lipinski definition) is 3. The Kier molecular flexibility index (Phi) is 6.34. The largest absolute Gasteiger partial charge is 0.495 e.